The van der Waals surface area contributed by atoms with E-state index in [9.17, 15) is 4.79 Å². The number of amidine groups is 1. The third-order valence-corrected chi connectivity index (χ3v) is 5.48. The van der Waals surface area contributed by atoms with Crippen LogP contribution in [0.15, 0.2) is 47.8 Å². The zero-order chi connectivity index (χ0) is 20.1. The number of amides is 1. The summed E-state index contributed by atoms with van der Waals surface area (Å²) in [6, 6.07) is 11.7. The predicted octanol–water partition coefficient (Wildman–Crippen LogP) is 2.69. The number of benzene rings is 1. The number of pyridine rings is 1. The molecule has 1 aromatic carbocycles. The molecular formula is C22H27N5O2. The van der Waals surface area contributed by atoms with Gasteiger partial charge in [0, 0.05) is 31.5 Å². The Morgan fingerprint density at radius 1 is 1.07 bits per heavy atom. The van der Waals surface area contributed by atoms with Gasteiger partial charge in [-0.1, -0.05) is 23.4 Å². The molecule has 0 aliphatic carbocycles. The first kappa shape index (κ1) is 19.2. The van der Waals surface area contributed by atoms with Crippen LogP contribution in [0.25, 0.3) is 0 Å². The molecule has 0 unspecified atom stereocenters. The van der Waals surface area contributed by atoms with Gasteiger partial charge >= 0.3 is 0 Å². The first-order valence-corrected chi connectivity index (χ1v) is 10.3. The van der Waals surface area contributed by atoms with Gasteiger partial charge in [-0.2, -0.15) is 0 Å². The lowest BCUT2D eigenvalue weighted by molar-refractivity contribution is -0.123. The Bertz CT molecular complexity index is 892. The maximum Gasteiger partial charge on any atom is 0.267 e. The van der Waals surface area contributed by atoms with Gasteiger partial charge in [0.1, 0.15) is 5.82 Å². The number of carbonyl (C=O) groups excluding carboxylic acids is 1. The summed E-state index contributed by atoms with van der Waals surface area (Å²) in [6.07, 6.45) is 7.24. The summed E-state index contributed by atoms with van der Waals surface area (Å²) >= 11 is 0. The molecule has 7 heteroatoms. The van der Waals surface area contributed by atoms with Gasteiger partial charge in [0.25, 0.3) is 5.91 Å². The lowest BCUT2D eigenvalue weighted by atomic mass is 10.0. The maximum absolute atomic E-state index is 12.7. The Kier molecular flexibility index (Phi) is 5.93. The topological polar surface area (TPSA) is 84.0 Å². The first-order chi connectivity index (χ1) is 14.2. The highest BCUT2D eigenvalue weighted by atomic mass is 16.6. The number of nitrogens with two attached hydrogens (primary N) is 1. The van der Waals surface area contributed by atoms with E-state index < -0.39 is 0 Å². The van der Waals surface area contributed by atoms with E-state index in [0.717, 1.165) is 55.8 Å². The van der Waals surface area contributed by atoms with Crippen LogP contribution in [-0.2, 0) is 16.1 Å². The third kappa shape index (κ3) is 4.34. The molecule has 0 saturated carbocycles. The second-order valence-corrected chi connectivity index (χ2v) is 7.45. The Balaban J connectivity index is 1.42. The Hall–Kier alpha value is -3.09. The number of oxime groups is 1. The minimum atomic E-state index is -0.144. The number of aryl methyl sites for hydroxylation is 1. The van der Waals surface area contributed by atoms with Crippen LogP contribution in [0.2, 0.25) is 0 Å². The summed E-state index contributed by atoms with van der Waals surface area (Å²) in [5.41, 5.74) is 9.07. The van der Waals surface area contributed by atoms with Gasteiger partial charge in [0.15, 0.2) is 12.4 Å². The summed E-state index contributed by atoms with van der Waals surface area (Å²) in [7, 11) is 0. The molecule has 152 valence electrons. The van der Waals surface area contributed by atoms with Crippen molar-refractivity contribution in [2.24, 2.45) is 10.9 Å². The standard InChI is InChI=1S/C22H27N5O2/c23-21(18-10-6-12-24-22(18)26-13-4-1-5-14-26)25-29-16-20(28)27-15-7-9-17-8-2-3-11-19(17)27/h2-3,6,8,10-12H,1,4-5,7,9,13-16H2,(H2,23,25). The van der Waals surface area contributed by atoms with E-state index in [-0.39, 0.29) is 18.3 Å². The number of piperidine rings is 1. The van der Waals surface area contributed by atoms with Crippen molar-refractivity contribution >= 4 is 23.2 Å². The third-order valence-electron chi connectivity index (χ3n) is 5.48. The average molecular weight is 393 g/mol. The molecule has 0 radical (unpaired) electrons. The molecule has 3 heterocycles. The van der Waals surface area contributed by atoms with Gasteiger partial charge in [0.2, 0.25) is 0 Å². The monoisotopic (exact) mass is 393 g/mol. The number of fused-ring (bicyclic) bond motifs is 1. The molecule has 2 aliphatic rings. The first-order valence-electron chi connectivity index (χ1n) is 10.3. The van der Waals surface area contributed by atoms with E-state index in [0.29, 0.717) is 6.54 Å². The van der Waals surface area contributed by atoms with Crippen molar-refractivity contribution in [2.75, 3.05) is 36.0 Å². The highest BCUT2D eigenvalue weighted by Gasteiger charge is 2.23. The Morgan fingerprint density at radius 3 is 2.76 bits per heavy atom. The van der Waals surface area contributed by atoms with Gasteiger partial charge in [-0.25, -0.2) is 4.98 Å². The van der Waals surface area contributed by atoms with Crippen LogP contribution >= 0.6 is 0 Å². The number of hydrogen-bond donors (Lipinski definition) is 1. The van der Waals surface area contributed by atoms with Crippen LogP contribution in [0.1, 0.15) is 36.8 Å². The second-order valence-electron chi connectivity index (χ2n) is 7.45. The van der Waals surface area contributed by atoms with Crippen molar-refractivity contribution in [3.63, 3.8) is 0 Å². The Morgan fingerprint density at radius 2 is 1.90 bits per heavy atom. The molecule has 1 amide bonds. The quantitative estimate of drug-likeness (QED) is 0.480. The van der Waals surface area contributed by atoms with E-state index in [1.54, 1.807) is 11.1 Å². The fraction of sp³-hybridized carbons (Fsp3) is 0.409. The Labute approximate surface area is 171 Å². The van der Waals surface area contributed by atoms with Crippen LogP contribution in [0.3, 0.4) is 0 Å². The van der Waals surface area contributed by atoms with Crippen molar-refractivity contribution in [3.8, 4) is 0 Å². The van der Waals surface area contributed by atoms with Crippen molar-refractivity contribution in [1.29, 1.82) is 0 Å². The van der Waals surface area contributed by atoms with Crippen LogP contribution in [-0.4, -0.2) is 43.0 Å². The van der Waals surface area contributed by atoms with Gasteiger partial charge in [-0.15, -0.1) is 0 Å². The second kappa shape index (κ2) is 8.94. The molecule has 2 N–H and O–H groups in total. The summed E-state index contributed by atoms with van der Waals surface area (Å²) in [5, 5.41) is 4.02. The number of nitrogens with zero attached hydrogens (tertiary/aromatic N) is 4. The summed E-state index contributed by atoms with van der Waals surface area (Å²) in [5.74, 6) is 0.954. The molecule has 0 atom stereocenters. The number of carbonyl (C=O) groups is 1. The molecule has 2 aliphatic heterocycles. The molecule has 1 saturated heterocycles. The molecule has 0 bridgehead atoms. The van der Waals surface area contributed by atoms with Crippen molar-refractivity contribution in [2.45, 2.75) is 32.1 Å². The van der Waals surface area contributed by atoms with Crippen molar-refractivity contribution < 1.29 is 9.63 Å². The van der Waals surface area contributed by atoms with E-state index in [1.807, 2.05) is 30.3 Å². The lowest BCUT2D eigenvalue weighted by Crippen LogP contribution is -2.37. The highest BCUT2D eigenvalue weighted by molar-refractivity contribution is 6.01. The van der Waals surface area contributed by atoms with E-state index in [1.165, 1.54) is 12.0 Å². The molecule has 1 aromatic heterocycles. The fourth-order valence-corrected chi connectivity index (χ4v) is 4.03. The van der Waals surface area contributed by atoms with Crippen LogP contribution < -0.4 is 15.5 Å². The molecule has 4 rings (SSSR count). The van der Waals surface area contributed by atoms with Gasteiger partial charge in [-0.3, -0.25) is 4.79 Å². The van der Waals surface area contributed by atoms with Gasteiger partial charge < -0.3 is 20.4 Å². The molecule has 7 nitrogen and oxygen atoms in total. The van der Waals surface area contributed by atoms with Crippen LogP contribution in [0.4, 0.5) is 11.5 Å². The van der Waals surface area contributed by atoms with Crippen LogP contribution in [0, 0.1) is 0 Å². The van der Waals surface area contributed by atoms with Crippen molar-refractivity contribution in [3.05, 3.63) is 53.7 Å². The van der Waals surface area contributed by atoms with E-state index in [4.69, 9.17) is 10.6 Å². The number of para-hydroxylation sites is 1. The summed E-state index contributed by atoms with van der Waals surface area (Å²) < 4.78 is 0. The smallest absolute Gasteiger partial charge is 0.267 e. The van der Waals surface area contributed by atoms with E-state index in [2.05, 4.69) is 21.1 Å². The zero-order valence-electron chi connectivity index (χ0n) is 16.6. The van der Waals surface area contributed by atoms with Gasteiger partial charge in [-0.05, 0) is 55.9 Å². The predicted molar refractivity (Wildman–Crippen MR) is 114 cm³/mol. The zero-order valence-corrected chi connectivity index (χ0v) is 16.6. The minimum absolute atomic E-state index is 0.115. The average Bonchev–Trinajstić information content (AvgIpc) is 2.79. The van der Waals surface area contributed by atoms with Gasteiger partial charge in [0.05, 0.1) is 5.56 Å². The largest absolute Gasteiger partial charge is 0.384 e. The lowest BCUT2D eigenvalue weighted by Gasteiger charge is -2.29. The molecular weight excluding hydrogens is 366 g/mol. The minimum Gasteiger partial charge on any atom is -0.384 e. The normalized spacial score (nSPS) is 17.0. The highest BCUT2D eigenvalue weighted by Crippen LogP contribution is 2.26. The molecule has 29 heavy (non-hydrogen) atoms. The summed E-state index contributed by atoms with van der Waals surface area (Å²) in [4.78, 5) is 26.5. The molecule has 0 spiro atoms. The number of rotatable bonds is 5. The maximum atomic E-state index is 12.7. The molecule has 1 fully saturated rings. The van der Waals surface area contributed by atoms with Crippen LogP contribution in [0.5, 0.6) is 0 Å². The van der Waals surface area contributed by atoms with E-state index >= 15 is 0 Å². The molecule has 2 aromatic rings. The van der Waals surface area contributed by atoms with Crippen molar-refractivity contribution in [1.82, 2.24) is 4.98 Å². The number of aromatic nitrogens is 1. The fourth-order valence-electron chi connectivity index (χ4n) is 4.03. The summed E-state index contributed by atoms with van der Waals surface area (Å²) in [6.45, 7) is 2.48. The number of anilines is 2. The number of hydrogen-bond acceptors (Lipinski definition) is 5. The SMILES string of the molecule is NC(=NOCC(=O)N1CCCc2ccccc21)c1cccnc1N1CCCCC1.